The van der Waals surface area contributed by atoms with Crippen molar-refractivity contribution in [2.75, 3.05) is 24.9 Å². The first kappa shape index (κ1) is 50.6. The summed E-state index contributed by atoms with van der Waals surface area (Å²) in [6.45, 7) is 2.02. The third-order valence-corrected chi connectivity index (χ3v) is 10.6. The number of amidine groups is 2. The van der Waals surface area contributed by atoms with Crippen LogP contribution in [0.3, 0.4) is 0 Å². The molecule has 8 N–H and O–H groups in total. The number of hydroxylamine groups is 1. The number of hydrogen-bond acceptors (Lipinski definition) is 18. The Morgan fingerprint density at radius 1 is 0.625 bits per heavy atom. The third kappa shape index (κ3) is 16.2. The summed E-state index contributed by atoms with van der Waals surface area (Å²) < 4.78 is 35.8. The van der Waals surface area contributed by atoms with Gasteiger partial charge in [-0.15, -0.1) is 39.1 Å². The first-order valence-corrected chi connectivity index (χ1v) is 21.3. The number of anilines is 2. The fourth-order valence-electron chi connectivity index (χ4n) is 4.77. The SMILES string of the molecule is CNOOSc1ccc(O)c(N=N/C(=N\Nc2ccc(C)cc2)c2ccccc2)c1.CNS(=O)(=O)c1ccc(O)c(N=N/C(=N\Nc2ccc(SOON)cc2)c2ccccc2)c1.[Co]. The van der Waals surface area contributed by atoms with Gasteiger partial charge in [0.25, 0.3) is 0 Å². The first-order chi connectivity index (χ1) is 30.6. The molecule has 335 valence electrons. The topological polar surface area (TPSA) is 260 Å². The molecule has 0 aliphatic rings. The maximum absolute atomic E-state index is 12.0. The Bertz CT molecular complexity index is 2620. The van der Waals surface area contributed by atoms with Gasteiger partial charge in [-0.1, -0.05) is 78.4 Å². The van der Waals surface area contributed by atoms with Crippen molar-refractivity contribution in [2.45, 2.75) is 21.6 Å². The van der Waals surface area contributed by atoms with E-state index in [1.807, 2.05) is 79.7 Å². The molecule has 1 radical (unpaired) electrons. The van der Waals surface area contributed by atoms with Crippen molar-refractivity contribution in [1.82, 2.24) is 10.2 Å². The molecule has 6 aromatic rings. The van der Waals surface area contributed by atoms with Gasteiger partial charge in [-0.3, -0.25) is 10.9 Å². The van der Waals surface area contributed by atoms with Gasteiger partial charge < -0.3 is 10.2 Å². The number of nitrogens with zero attached hydrogens (tertiary/aromatic N) is 6. The van der Waals surface area contributed by atoms with Crippen LogP contribution in [0.15, 0.2) is 191 Å². The van der Waals surface area contributed by atoms with E-state index in [0.717, 1.165) is 45.8 Å². The Labute approximate surface area is 387 Å². The molecule has 0 saturated heterocycles. The second kappa shape index (κ2) is 26.5. The van der Waals surface area contributed by atoms with Crippen molar-refractivity contribution in [2.24, 2.45) is 36.6 Å². The number of nitrogens with one attached hydrogen (secondary N) is 4. The summed E-state index contributed by atoms with van der Waals surface area (Å²) in [7, 11) is -0.848. The van der Waals surface area contributed by atoms with Crippen LogP contribution in [0.4, 0.5) is 22.7 Å². The number of hydrazone groups is 2. The second-order valence-corrected chi connectivity index (χ2v) is 15.7. The van der Waals surface area contributed by atoms with Gasteiger partial charge in [0.2, 0.25) is 21.7 Å². The van der Waals surface area contributed by atoms with Crippen LogP contribution in [0.1, 0.15) is 16.7 Å². The quantitative estimate of drug-likeness (QED) is 0.00856. The molecular formula is C41H41CoN11O8S3. The van der Waals surface area contributed by atoms with Crippen LogP contribution in [0.5, 0.6) is 11.5 Å². The minimum absolute atomic E-state index is 0. The summed E-state index contributed by atoms with van der Waals surface area (Å²) in [5.41, 5.74) is 12.6. The summed E-state index contributed by atoms with van der Waals surface area (Å²) in [6.07, 6.45) is 0. The van der Waals surface area contributed by atoms with Gasteiger partial charge in [0.15, 0.2) is 0 Å². The molecule has 0 spiro atoms. The fourth-order valence-corrected chi connectivity index (χ4v) is 6.35. The zero-order chi connectivity index (χ0) is 44.9. The molecule has 6 aromatic carbocycles. The van der Waals surface area contributed by atoms with E-state index in [9.17, 15) is 18.6 Å². The molecule has 0 amide bonds. The number of sulfonamides is 1. The average Bonchev–Trinajstić information content (AvgIpc) is 3.31. The normalized spacial score (nSPS) is 11.8. The maximum Gasteiger partial charge on any atom is 0.240 e. The zero-order valence-electron chi connectivity index (χ0n) is 34.0. The van der Waals surface area contributed by atoms with Crippen LogP contribution >= 0.6 is 24.1 Å². The van der Waals surface area contributed by atoms with E-state index in [1.54, 1.807) is 55.6 Å². The molecule has 0 atom stereocenters. The number of nitrogens with two attached hydrogens (primary N) is 1. The van der Waals surface area contributed by atoms with Gasteiger partial charge in [-0.2, -0.15) is 21.6 Å². The fraction of sp³-hybridized carbons (Fsp3) is 0.0732. The molecule has 0 bridgehead atoms. The molecule has 19 nitrogen and oxygen atoms in total. The second-order valence-electron chi connectivity index (χ2n) is 12.3. The number of aryl methyl sites for hydroxylation is 1. The van der Waals surface area contributed by atoms with Gasteiger partial charge in [0.1, 0.15) is 22.9 Å². The monoisotopic (exact) mass is 970 g/mol. The van der Waals surface area contributed by atoms with Crippen molar-refractivity contribution < 1.29 is 54.1 Å². The van der Waals surface area contributed by atoms with Gasteiger partial charge in [-0.25, -0.2) is 13.1 Å². The van der Waals surface area contributed by atoms with Gasteiger partial charge in [0.05, 0.1) is 40.4 Å². The van der Waals surface area contributed by atoms with Crippen LogP contribution in [0.2, 0.25) is 0 Å². The summed E-state index contributed by atoms with van der Waals surface area (Å²) in [5, 5.41) is 45.5. The number of azo groups is 2. The van der Waals surface area contributed by atoms with E-state index in [2.05, 4.69) is 66.0 Å². The molecule has 23 heteroatoms. The van der Waals surface area contributed by atoms with Crippen LogP contribution in [-0.2, 0) is 45.4 Å². The summed E-state index contributed by atoms with van der Waals surface area (Å²) in [6, 6.07) is 41.8. The minimum Gasteiger partial charge on any atom is -0.506 e. The first-order valence-electron chi connectivity index (χ1n) is 18.3. The molecule has 0 aliphatic heterocycles. The Balaban J connectivity index is 0.000000277. The van der Waals surface area contributed by atoms with Gasteiger partial charge in [0, 0.05) is 44.7 Å². The molecule has 0 aliphatic carbocycles. The zero-order valence-corrected chi connectivity index (χ0v) is 37.5. The van der Waals surface area contributed by atoms with Gasteiger partial charge >= 0.3 is 0 Å². The molecule has 0 fully saturated rings. The number of phenolic OH excluding ortho intramolecular Hbond substituents is 2. The van der Waals surface area contributed by atoms with E-state index < -0.39 is 10.0 Å². The van der Waals surface area contributed by atoms with Gasteiger partial charge in [-0.05, 0) is 86.8 Å². The predicted octanol–water partition coefficient (Wildman–Crippen LogP) is 9.03. The third-order valence-electron chi connectivity index (χ3n) is 7.95. The average molecular weight is 971 g/mol. The number of aromatic hydroxyl groups is 2. The Morgan fingerprint density at radius 3 is 1.62 bits per heavy atom. The molecule has 64 heavy (non-hydrogen) atoms. The van der Waals surface area contributed by atoms with Crippen molar-refractivity contribution >= 4 is 68.5 Å². The standard InChI is InChI=1S/C21H21N5O3S.C20H20N6O5S2.Co/c1-15-8-10-17(11-9-15)23-25-21(16-6-4-3-5-7-16)26-24-19-14-18(12-13-20(19)27)30-29-28-22-2;1-22-33(28,29)17-11-12-19(27)18(13-17)24-26-20(14-5-3-2-4-6-14)25-23-15-7-9-16(10-8-15)32-31-30-21;/h3-14,22-23,27H,1-2H3;2-13,22-23,27H,21H2,1H3;/b25-21-,26-24?;25-20-,26-24?;. The summed E-state index contributed by atoms with van der Waals surface area (Å²) in [5.74, 6) is 5.14. The van der Waals surface area contributed by atoms with E-state index in [0.29, 0.717) is 22.0 Å². The molecule has 0 heterocycles. The van der Waals surface area contributed by atoms with Crippen LogP contribution in [-0.4, -0.2) is 44.4 Å². The van der Waals surface area contributed by atoms with Crippen LogP contribution in [0, 0.1) is 6.92 Å². The van der Waals surface area contributed by atoms with E-state index in [4.69, 9.17) is 10.2 Å². The Morgan fingerprint density at radius 2 is 1.11 bits per heavy atom. The van der Waals surface area contributed by atoms with Crippen molar-refractivity contribution in [3.63, 3.8) is 0 Å². The van der Waals surface area contributed by atoms with Crippen molar-refractivity contribution in [3.05, 3.63) is 162 Å². The van der Waals surface area contributed by atoms with Crippen molar-refractivity contribution in [1.29, 1.82) is 0 Å². The van der Waals surface area contributed by atoms with E-state index in [1.165, 1.54) is 31.3 Å². The maximum atomic E-state index is 12.0. The molecular weight excluding hydrogens is 930 g/mol. The number of phenols is 2. The summed E-state index contributed by atoms with van der Waals surface area (Å²) >= 11 is 1.91. The Hall–Kier alpha value is -6.06. The number of rotatable bonds is 17. The molecule has 0 saturated carbocycles. The number of benzene rings is 6. The van der Waals surface area contributed by atoms with Crippen LogP contribution in [0.25, 0.3) is 0 Å². The van der Waals surface area contributed by atoms with E-state index in [-0.39, 0.29) is 50.4 Å². The van der Waals surface area contributed by atoms with Crippen molar-refractivity contribution in [3.8, 4) is 11.5 Å². The minimum atomic E-state index is -3.71. The van der Waals surface area contributed by atoms with Crippen LogP contribution < -0.4 is 27.0 Å². The predicted molar refractivity (Wildman–Crippen MR) is 242 cm³/mol. The smallest absolute Gasteiger partial charge is 0.240 e. The Kier molecular flexibility index (Phi) is 21.0. The molecule has 6 rings (SSSR count). The summed E-state index contributed by atoms with van der Waals surface area (Å²) in [4.78, 5) is 10.0. The largest absolute Gasteiger partial charge is 0.506 e. The molecule has 0 aromatic heterocycles. The molecule has 0 unspecified atom stereocenters. The number of hydrogen-bond donors (Lipinski definition) is 7. The van der Waals surface area contributed by atoms with E-state index >= 15 is 0 Å².